The molecule has 0 amide bonds. The molecule has 0 saturated carbocycles. The monoisotopic (exact) mass is 683 g/mol. The number of rotatable bonds is 6. The van der Waals surface area contributed by atoms with Gasteiger partial charge < -0.3 is 4.74 Å². The molecule has 5 aromatic carbocycles. The highest BCUT2D eigenvalue weighted by atomic mass is 32.2. The molecular formula is C46H41N3OS. The fourth-order valence-electron chi connectivity index (χ4n) is 8.39. The molecule has 0 unspecified atom stereocenters. The molecule has 1 atom stereocenters. The van der Waals surface area contributed by atoms with Gasteiger partial charge in [-0.3, -0.25) is 9.56 Å². The van der Waals surface area contributed by atoms with E-state index in [1.54, 1.807) is 0 Å². The van der Waals surface area contributed by atoms with E-state index in [2.05, 4.69) is 155 Å². The highest BCUT2D eigenvalue weighted by Gasteiger charge is 2.36. The largest absolute Gasteiger partial charge is 0.457 e. The van der Waals surface area contributed by atoms with Crippen molar-refractivity contribution < 1.29 is 4.74 Å². The third-order valence-electron chi connectivity index (χ3n) is 11.0. The number of hydrogen-bond acceptors (Lipinski definition) is 4. The maximum absolute atomic E-state index is 6.91. The van der Waals surface area contributed by atoms with E-state index in [9.17, 15) is 0 Å². The first kappa shape index (κ1) is 31.8. The van der Waals surface area contributed by atoms with Crippen LogP contribution in [0.4, 0.5) is 0 Å². The minimum atomic E-state index is -0.162. The number of benzene rings is 5. The predicted octanol–water partition coefficient (Wildman–Crippen LogP) is 11.5. The van der Waals surface area contributed by atoms with Crippen molar-refractivity contribution in [3.63, 3.8) is 0 Å². The Kier molecular flexibility index (Phi) is 7.48. The van der Waals surface area contributed by atoms with Crippen LogP contribution in [0.1, 0.15) is 69.8 Å². The summed E-state index contributed by atoms with van der Waals surface area (Å²) in [4.78, 5) is 10.4. The van der Waals surface area contributed by atoms with Gasteiger partial charge in [0, 0.05) is 51.2 Å². The number of aromatic nitrogens is 2. The first-order valence-corrected chi connectivity index (χ1v) is 18.8. The van der Waals surface area contributed by atoms with Crippen LogP contribution in [0.5, 0.6) is 11.5 Å². The van der Waals surface area contributed by atoms with Gasteiger partial charge in [-0.15, -0.1) is 11.8 Å². The van der Waals surface area contributed by atoms with Crippen LogP contribution in [-0.4, -0.2) is 26.4 Å². The summed E-state index contributed by atoms with van der Waals surface area (Å²) in [5.74, 6) is 3.84. The number of nitrogens with zero attached hydrogens (tertiary/aromatic N) is 3. The molecule has 2 aromatic heterocycles. The molecule has 7 aromatic rings. The summed E-state index contributed by atoms with van der Waals surface area (Å²) >= 11 is 1.85. The van der Waals surface area contributed by atoms with Gasteiger partial charge in [-0.1, -0.05) is 98.3 Å². The SMILES string of the molecule is Cc1cc2c3c(c1)c1cc(C)c(Oc4cc(C5=N[C@H](C(c6ccccc6)c6ccccc6)CS5)c(C)cc4C)cc1n3-c1ncccc1C2(C)C. The van der Waals surface area contributed by atoms with Crippen molar-refractivity contribution in [2.24, 2.45) is 4.99 Å². The number of thioether (sulfide) groups is 1. The van der Waals surface area contributed by atoms with Gasteiger partial charge in [-0.05, 0) is 85.3 Å². The van der Waals surface area contributed by atoms with Gasteiger partial charge in [-0.25, -0.2) is 4.98 Å². The van der Waals surface area contributed by atoms with E-state index in [1.165, 1.54) is 49.7 Å². The summed E-state index contributed by atoms with van der Waals surface area (Å²) in [6.45, 7) is 13.3. The Morgan fingerprint density at radius 3 is 2.14 bits per heavy atom. The van der Waals surface area contributed by atoms with E-state index >= 15 is 0 Å². The Balaban J connectivity index is 1.13. The lowest BCUT2D eigenvalue weighted by Crippen LogP contribution is -2.27. The molecule has 0 radical (unpaired) electrons. The van der Waals surface area contributed by atoms with Crippen molar-refractivity contribution in [2.45, 2.75) is 58.9 Å². The Labute approximate surface area is 304 Å². The van der Waals surface area contributed by atoms with E-state index in [1.807, 2.05) is 18.0 Å². The highest BCUT2D eigenvalue weighted by Crippen LogP contribution is 2.48. The van der Waals surface area contributed by atoms with Crippen LogP contribution in [0.25, 0.3) is 27.6 Å². The smallest absolute Gasteiger partial charge is 0.141 e. The molecular weight excluding hydrogens is 643 g/mol. The first-order valence-electron chi connectivity index (χ1n) is 17.8. The van der Waals surface area contributed by atoms with E-state index in [4.69, 9.17) is 14.7 Å². The molecule has 0 fully saturated rings. The number of ether oxygens (including phenoxy) is 1. The van der Waals surface area contributed by atoms with Gasteiger partial charge in [0.15, 0.2) is 0 Å². The zero-order valence-corrected chi connectivity index (χ0v) is 30.8. The Hall–Kier alpha value is -5.13. The molecule has 2 aliphatic heterocycles. The quantitative estimate of drug-likeness (QED) is 0.175. The van der Waals surface area contributed by atoms with Crippen molar-refractivity contribution in [1.82, 2.24) is 9.55 Å². The van der Waals surface area contributed by atoms with Crippen LogP contribution < -0.4 is 4.74 Å². The van der Waals surface area contributed by atoms with E-state index in [0.717, 1.165) is 50.3 Å². The second-order valence-corrected chi connectivity index (χ2v) is 15.8. The molecule has 0 spiro atoms. The lowest BCUT2D eigenvalue weighted by Gasteiger charge is -2.34. The van der Waals surface area contributed by atoms with Crippen LogP contribution in [0.3, 0.4) is 0 Å². The van der Waals surface area contributed by atoms with E-state index in [0.29, 0.717) is 0 Å². The van der Waals surface area contributed by atoms with Gasteiger partial charge >= 0.3 is 0 Å². The molecule has 4 heterocycles. The third-order valence-corrected chi connectivity index (χ3v) is 12.1. The van der Waals surface area contributed by atoms with Crippen molar-refractivity contribution in [3.8, 4) is 17.3 Å². The minimum Gasteiger partial charge on any atom is -0.457 e. The number of aliphatic imine (C=N–C) groups is 1. The van der Waals surface area contributed by atoms with Crippen molar-refractivity contribution in [3.05, 3.63) is 165 Å². The molecule has 0 bridgehead atoms. The summed E-state index contributed by atoms with van der Waals surface area (Å²) in [5, 5.41) is 3.58. The highest BCUT2D eigenvalue weighted by molar-refractivity contribution is 8.14. The first-order chi connectivity index (χ1) is 24.7. The maximum atomic E-state index is 6.91. The van der Waals surface area contributed by atoms with Crippen LogP contribution in [0, 0.1) is 27.7 Å². The summed E-state index contributed by atoms with van der Waals surface area (Å²) in [5.41, 5.74) is 13.2. The Morgan fingerprint density at radius 2 is 1.41 bits per heavy atom. The normalized spacial score (nSPS) is 16.1. The number of fused-ring (bicyclic) bond motifs is 5. The summed E-state index contributed by atoms with van der Waals surface area (Å²) < 4.78 is 9.28. The maximum Gasteiger partial charge on any atom is 0.141 e. The number of aryl methyl sites for hydroxylation is 4. The molecule has 5 heteroatoms. The van der Waals surface area contributed by atoms with Crippen LogP contribution in [-0.2, 0) is 5.41 Å². The van der Waals surface area contributed by atoms with Gasteiger partial charge in [0.05, 0.1) is 22.1 Å². The lowest BCUT2D eigenvalue weighted by atomic mass is 9.75. The summed E-state index contributed by atoms with van der Waals surface area (Å²) in [6.07, 6.45) is 1.91. The molecule has 51 heavy (non-hydrogen) atoms. The van der Waals surface area contributed by atoms with Gasteiger partial charge in [-0.2, -0.15) is 0 Å². The zero-order chi connectivity index (χ0) is 35.0. The van der Waals surface area contributed by atoms with Crippen molar-refractivity contribution in [1.29, 1.82) is 0 Å². The molecule has 0 N–H and O–H groups in total. The Morgan fingerprint density at radius 1 is 0.725 bits per heavy atom. The molecule has 9 rings (SSSR count). The third kappa shape index (κ3) is 5.12. The van der Waals surface area contributed by atoms with Crippen molar-refractivity contribution in [2.75, 3.05) is 5.75 Å². The topological polar surface area (TPSA) is 39.4 Å². The molecule has 4 nitrogen and oxygen atoms in total. The molecule has 0 aliphatic carbocycles. The van der Waals surface area contributed by atoms with Crippen LogP contribution >= 0.6 is 11.8 Å². The second-order valence-electron chi connectivity index (χ2n) is 14.8. The minimum absolute atomic E-state index is 0.139. The fraction of sp³-hybridized carbons (Fsp3) is 0.217. The van der Waals surface area contributed by atoms with E-state index < -0.39 is 0 Å². The van der Waals surface area contributed by atoms with Crippen molar-refractivity contribution >= 4 is 38.6 Å². The molecule has 252 valence electrons. The lowest BCUT2D eigenvalue weighted by molar-refractivity contribution is 0.475. The average Bonchev–Trinajstić information content (AvgIpc) is 3.72. The molecule has 0 saturated heterocycles. The Bertz CT molecular complexity index is 2490. The zero-order valence-electron chi connectivity index (χ0n) is 30.0. The standard InChI is InChI=1S/C46H41N3OS/c1-27-20-35-34-23-30(4)41(25-39(34)49-43(35)37(21-27)46(5,6)36-18-13-19-47-44(36)49)50-40-24-33(28(2)22-29(40)3)45-48-38(26-51-45)42(31-14-9-7-10-15-31)32-16-11-8-12-17-32/h7-25,38,42H,26H2,1-6H3/t38-/m0/s1. The fourth-order valence-corrected chi connectivity index (χ4v) is 9.58. The predicted molar refractivity (Wildman–Crippen MR) is 214 cm³/mol. The molecule has 2 aliphatic rings. The van der Waals surface area contributed by atoms with Gasteiger partial charge in [0.2, 0.25) is 0 Å². The van der Waals surface area contributed by atoms with Gasteiger partial charge in [0.1, 0.15) is 17.3 Å². The number of pyridine rings is 1. The van der Waals surface area contributed by atoms with Gasteiger partial charge in [0.25, 0.3) is 0 Å². The van der Waals surface area contributed by atoms with Crippen LogP contribution in [0.2, 0.25) is 0 Å². The summed E-state index contributed by atoms with van der Waals surface area (Å²) in [7, 11) is 0. The average molecular weight is 684 g/mol. The van der Waals surface area contributed by atoms with E-state index in [-0.39, 0.29) is 17.4 Å². The van der Waals surface area contributed by atoms with Crippen LogP contribution in [0.15, 0.2) is 120 Å². The summed E-state index contributed by atoms with van der Waals surface area (Å²) in [6, 6.07) is 39.7. The number of hydrogen-bond donors (Lipinski definition) is 0. The second kappa shape index (κ2) is 12.0.